The summed E-state index contributed by atoms with van der Waals surface area (Å²) in [6, 6.07) is 16.8. The fourth-order valence-corrected chi connectivity index (χ4v) is 3.14. The van der Waals surface area contributed by atoms with Crippen molar-refractivity contribution in [2.75, 3.05) is 5.32 Å². The van der Waals surface area contributed by atoms with Gasteiger partial charge in [0, 0.05) is 22.1 Å². The van der Waals surface area contributed by atoms with Gasteiger partial charge in [0.15, 0.2) is 11.0 Å². The van der Waals surface area contributed by atoms with Crippen molar-refractivity contribution >= 4 is 22.4 Å². The SMILES string of the molecule is Cc1noc(-c2ccc(C(=O)Nc3nc(-c4ccccc4)cs3)cc2)n1. The Morgan fingerprint density at radius 2 is 1.77 bits per heavy atom. The summed E-state index contributed by atoms with van der Waals surface area (Å²) >= 11 is 1.39. The lowest BCUT2D eigenvalue weighted by atomic mass is 10.1. The Labute approximate surface area is 153 Å². The van der Waals surface area contributed by atoms with Gasteiger partial charge < -0.3 is 4.52 Å². The van der Waals surface area contributed by atoms with Gasteiger partial charge in [0.1, 0.15) is 0 Å². The second-order valence-corrected chi connectivity index (χ2v) is 6.44. The molecule has 0 saturated carbocycles. The first-order chi connectivity index (χ1) is 12.7. The highest BCUT2D eigenvalue weighted by atomic mass is 32.1. The van der Waals surface area contributed by atoms with Crippen LogP contribution in [0.4, 0.5) is 5.13 Å². The maximum atomic E-state index is 12.4. The van der Waals surface area contributed by atoms with Crippen LogP contribution in [0.2, 0.25) is 0 Å². The summed E-state index contributed by atoms with van der Waals surface area (Å²) in [5.41, 5.74) is 3.15. The third-order valence-corrected chi connectivity index (χ3v) is 4.47. The first-order valence-electron chi connectivity index (χ1n) is 7.92. The lowest BCUT2D eigenvalue weighted by molar-refractivity contribution is 0.102. The fourth-order valence-electron chi connectivity index (χ4n) is 2.42. The van der Waals surface area contributed by atoms with Crippen LogP contribution in [0.3, 0.4) is 0 Å². The topological polar surface area (TPSA) is 80.9 Å². The second-order valence-electron chi connectivity index (χ2n) is 5.58. The van der Waals surface area contributed by atoms with Crippen molar-refractivity contribution < 1.29 is 9.32 Å². The van der Waals surface area contributed by atoms with Crippen molar-refractivity contribution in [1.82, 2.24) is 15.1 Å². The summed E-state index contributed by atoms with van der Waals surface area (Å²) in [7, 11) is 0. The summed E-state index contributed by atoms with van der Waals surface area (Å²) in [4.78, 5) is 21.1. The number of aryl methyl sites for hydroxylation is 1. The van der Waals surface area contributed by atoms with Crippen LogP contribution < -0.4 is 5.32 Å². The molecule has 2 aromatic heterocycles. The third kappa shape index (κ3) is 3.38. The molecule has 1 amide bonds. The molecular formula is C19H14N4O2S. The van der Waals surface area contributed by atoms with Crippen molar-refractivity contribution in [1.29, 1.82) is 0 Å². The Morgan fingerprint density at radius 1 is 1.00 bits per heavy atom. The van der Waals surface area contributed by atoms with E-state index in [0.717, 1.165) is 16.8 Å². The summed E-state index contributed by atoms with van der Waals surface area (Å²) in [5, 5.41) is 9.07. The molecule has 0 unspecified atom stereocenters. The van der Waals surface area contributed by atoms with Gasteiger partial charge in [-0.25, -0.2) is 4.98 Å². The van der Waals surface area contributed by atoms with E-state index in [2.05, 4.69) is 20.4 Å². The van der Waals surface area contributed by atoms with Gasteiger partial charge in [0.25, 0.3) is 11.8 Å². The monoisotopic (exact) mass is 362 g/mol. The Balaban J connectivity index is 1.47. The molecule has 0 spiro atoms. The average Bonchev–Trinajstić information content (AvgIpc) is 3.32. The molecule has 0 aliphatic heterocycles. The van der Waals surface area contributed by atoms with Crippen LogP contribution in [0.15, 0.2) is 64.5 Å². The lowest BCUT2D eigenvalue weighted by Gasteiger charge is -2.02. The molecule has 0 atom stereocenters. The Hall–Kier alpha value is -3.32. The average molecular weight is 362 g/mol. The highest BCUT2D eigenvalue weighted by Crippen LogP contribution is 2.25. The largest absolute Gasteiger partial charge is 0.334 e. The van der Waals surface area contributed by atoms with Gasteiger partial charge in [0.2, 0.25) is 0 Å². The quantitative estimate of drug-likeness (QED) is 0.581. The summed E-state index contributed by atoms with van der Waals surface area (Å²) < 4.78 is 5.12. The zero-order valence-electron chi connectivity index (χ0n) is 13.8. The number of hydrogen-bond acceptors (Lipinski definition) is 6. The third-order valence-electron chi connectivity index (χ3n) is 3.72. The van der Waals surface area contributed by atoms with Gasteiger partial charge in [-0.1, -0.05) is 35.5 Å². The molecule has 1 N–H and O–H groups in total. The molecule has 6 nitrogen and oxygen atoms in total. The van der Waals surface area contributed by atoms with E-state index < -0.39 is 0 Å². The molecule has 0 bridgehead atoms. The lowest BCUT2D eigenvalue weighted by Crippen LogP contribution is -2.11. The maximum absolute atomic E-state index is 12.4. The van der Waals surface area contributed by atoms with E-state index in [4.69, 9.17) is 4.52 Å². The van der Waals surface area contributed by atoms with Crippen molar-refractivity contribution in [3.63, 3.8) is 0 Å². The number of thiazole rings is 1. The first kappa shape index (κ1) is 16.2. The summed E-state index contributed by atoms with van der Waals surface area (Å²) in [6.07, 6.45) is 0. The molecule has 0 saturated heterocycles. The summed E-state index contributed by atoms with van der Waals surface area (Å²) in [5.74, 6) is 0.786. The van der Waals surface area contributed by atoms with Gasteiger partial charge in [-0.3, -0.25) is 10.1 Å². The Morgan fingerprint density at radius 3 is 2.46 bits per heavy atom. The molecule has 0 fully saturated rings. The normalized spacial score (nSPS) is 10.7. The van der Waals surface area contributed by atoms with Crippen LogP contribution in [0, 0.1) is 6.92 Å². The van der Waals surface area contributed by atoms with E-state index in [-0.39, 0.29) is 5.91 Å². The molecule has 0 aliphatic rings. The van der Waals surface area contributed by atoms with Crippen LogP contribution in [-0.4, -0.2) is 21.0 Å². The molecule has 26 heavy (non-hydrogen) atoms. The van der Waals surface area contributed by atoms with Crippen molar-refractivity contribution in [2.24, 2.45) is 0 Å². The first-order valence-corrected chi connectivity index (χ1v) is 8.80. The van der Waals surface area contributed by atoms with Crippen molar-refractivity contribution in [3.8, 4) is 22.7 Å². The van der Waals surface area contributed by atoms with Crippen LogP contribution in [0.5, 0.6) is 0 Å². The predicted octanol–water partition coefficient (Wildman–Crippen LogP) is 4.42. The molecule has 0 radical (unpaired) electrons. The van der Waals surface area contributed by atoms with Crippen molar-refractivity contribution in [3.05, 3.63) is 71.4 Å². The van der Waals surface area contributed by atoms with Crippen LogP contribution in [0.1, 0.15) is 16.2 Å². The van der Waals surface area contributed by atoms with Gasteiger partial charge in [-0.2, -0.15) is 4.98 Å². The predicted molar refractivity (Wildman–Crippen MR) is 100.0 cm³/mol. The molecular weight excluding hydrogens is 348 g/mol. The van der Waals surface area contributed by atoms with E-state index >= 15 is 0 Å². The number of benzene rings is 2. The van der Waals surface area contributed by atoms with E-state index in [1.807, 2.05) is 35.7 Å². The molecule has 4 rings (SSSR count). The Kier molecular flexibility index (Phi) is 4.28. The number of anilines is 1. The molecule has 0 aliphatic carbocycles. The fraction of sp³-hybridized carbons (Fsp3) is 0.0526. The smallest absolute Gasteiger partial charge is 0.257 e. The van der Waals surface area contributed by atoms with Gasteiger partial charge in [0.05, 0.1) is 5.69 Å². The number of aromatic nitrogens is 3. The zero-order valence-corrected chi connectivity index (χ0v) is 14.7. The molecule has 2 aromatic carbocycles. The van der Waals surface area contributed by atoms with E-state index in [0.29, 0.717) is 22.4 Å². The molecule has 7 heteroatoms. The number of nitrogens with one attached hydrogen (secondary N) is 1. The number of carbonyl (C=O) groups excluding carboxylic acids is 1. The van der Waals surface area contributed by atoms with Gasteiger partial charge in [-0.05, 0) is 31.2 Å². The minimum absolute atomic E-state index is 0.216. The summed E-state index contributed by atoms with van der Waals surface area (Å²) in [6.45, 7) is 1.76. The highest BCUT2D eigenvalue weighted by Gasteiger charge is 2.12. The standard InChI is InChI=1S/C19H14N4O2S/c1-12-20-18(25-23-12)15-9-7-14(8-10-15)17(24)22-19-21-16(11-26-19)13-5-3-2-4-6-13/h2-11H,1H3,(H,21,22,24). The zero-order chi connectivity index (χ0) is 17.9. The van der Waals surface area contributed by atoms with E-state index in [1.54, 1.807) is 31.2 Å². The minimum atomic E-state index is -0.216. The van der Waals surface area contributed by atoms with E-state index in [1.165, 1.54) is 11.3 Å². The molecule has 128 valence electrons. The molecule has 4 aromatic rings. The van der Waals surface area contributed by atoms with Crippen LogP contribution in [-0.2, 0) is 0 Å². The van der Waals surface area contributed by atoms with Crippen LogP contribution in [0.25, 0.3) is 22.7 Å². The van der Waals surface area contributed by atoms with E-state index in [9.17, 15) is 4.79 Å². The van der Waals surface area contributed by atoms with Gasteiger partial charge >= 0.3 is 0 Å². The number of rotatable bonds is 4. The van der Waals surface area contributed by atoms with Crippen LogP contribution >= 0.6 is 11.3 Å². The van der Waals surface area contributed by atoms with Crippen molar-refractivity contribution in [2.45, 2.75) is 6.92 Å². The Bertz CT molecular complexity index is 1040. The number of carbonyl (C=O) groups is 1. The molecule has 2 heterocycles. The maximum Gasteiger partial charge on any atom is 0.257 e. The minimum Gasteiger partial charge on any atom is -0.334 e. The van der Waals surface area contributed by atoms with Gasteiger partial charge in [-0.15, -0.1) is 11.3 Å². The number of amides is 1. The number of nitrogens with zero attached hydrogens (tertiary/aromatic N) is 3. The number of hydrogen-bond donors (Lipinski definition) is 1. The second kappa shape index (κ2) is 6.89. The highest BCUT2D eigenvalue weighted by molar-refractivity contribution is 7.14.